The number of hydrogen-bond acceptors (Lipinski definition) is 3. The van der Waals surface area contributed by atoms with Crippen molar-refractivity contribution >= 4 is 23.1 Å². The molecule has 2 rings (SSSR count). The molecule has 1 aromatic heterocycles. The summed E-state index contributed by atoms with van der Waals surface area (Å²) in [5.41, 5.74) is 1.69. The molecule has 1 aliphatic heterocycles. The molecule has 0 spiro atoms. The van der Waals surface area contributed by atoms with Gasteiger partial charge in [0.15, 0.2) is 0 Å². The van der Waals surface area contributed by atoms with Crippen LogP contribution in [0.15, 0.2) is 16.4 Å². The third-order valence-electron chi connectivity index (χ3n) is 2.66. The minimum atomic E-state index is -0.366. The molecule has 1 aliphatic rings. The summed E-state index contributed by atoms with van der Waals surface area (Å²) in [4.78, 5) is 16.2. The predicted octanol–water partition coefficient (Wildman–Crippen LogP) is 2.42. The highest BCUT2D eigenvalue weighted by atomic mass is 32.1. The minimum absolute atomic E-state index is 0.255. The number of urea groups is 1. The van der Waals surface area contributed by atoms with Gasteiger partial charge in [-0.1, -0.05) is 0 Å². The van der Waals surface area contributed by atoms with Gasteiger partial charge in [0.1, 0.15) is 5.92 Å². The average Bonchev–Trinajstić information content (AvgIpc) is 2.63. The third kappa shape index (κ3) is 1.72. The van der Waals surface area contributed by atoms with Crippen molar-refractivity contribution in [3.8, 4) is 6.07 Å². The van der Waals surface area contributed by atoms with Crippen LogP contribution in [-0.2, 0) is 0 Å². The fourth-order valence-corrected chi connectivity index (χ4v) is 2.82. The summed E-state index contributed by atoms with van der Waals surface area (Å²) in [5, 5.41) is 13.8. The van der Waals surface area contributed by atoms with Gasteiger partial charge in [0.2, 0.25) is 0 Å². The molecule has 0 saturated carbocycles. The Kier molecular flexibility index (Phi) is 2.75. The van der Waals surface area contributed by atoms with Gasteiger partial charge in [0.05, 0.1) is 12.1 Å². The Hall–Kier alpha value is -1.67. The molecule has 0 radical (unpaired) electrons. The summed E-state index contributed by atoms with van der Waals surface area (Å²) in [6.07, 6.45) is 0. The number of amides is 2. The Morgan fingerprint density at radius 2 is 2.31 bits per heavy atom. The zero-order valence-electron chi connectivity index (χ0n) is 9.02. The van der Waals surface area contributed by atoms with Crippen LogP contribution >= 0.6 is 11.3 Å². The number of carbonyl (C=O) groups is 1. The van der Waals surface area contributed by atoms with Gasteiger partial charge in [0.25, 0.3) is 0 Å². The molecule has 82 valence electrons. The molecule has 1 N–H and O–H groups in total. The van der Waals surface area contributed by atoms with Crippen LogP contribution < -0.4 is 5.32 Å². The number of carbonyl (C=O) groups excluding carboxylic acids is 1. The SMILES string of the molecule is CC1=NC(=O)NC(c2sccc2C)C1C#N. The summed E-state index contributed by atoms with van der Waals surface area (Å²) in [6.45, 7) is 3.70. The molecule has 2 amide bonds. The second-order valence-electron chi connectivity index (χ2n) is 3.75. The standard InChI is InChI=1S/C11H11N3OS/c1-6-3-4-16-10(6)9-8(5-12)7(2)13-11(15)14-9/h3-4,8-9H,1-2H3,(H,14,15). The van der Waals surface area contributed by atoms with Crippen molar-refractivity contribution in [3.63, 3.8) is 0 Å². The summed E-state index contributed by atoms with van der Waals surface area (Å²) in [5.74, 6) is -0.366. The van der Waals surface area contributed by atoms with Gasteiger partial charge in [0, 0.05) is 10.6 Å². The number of thiophene rings is 1. The molecule has 2 heterocycles. The molecule has 4 nitrogen and oxygen atoms in total. The van der Waals surface area contributed by atoms with Gasteiger partial charge in [-0.05, 0) is 30.9 Å². The number of aliphatic imine (C=N–C) groups is 1. The lowest BCUT2D eigenvalue weighted by Gasteiger charge is -2.26. The van der Waals surface area contributed by atoms with E-state index < -0.39 is 0 Å². The highest BCUT2D eigenvalue weighted by Crippen LogP contribution is 2.32. The first-order valence-electron chi connectivity index (χ1n) is 4.92. The van der Waals surface area contributed by atoms with Gasteiger partial charge in [-0.3, -0.25) is 0 Å². The zero-order chi connectivity index (χ0) is 11.7. The summed E-state index contributed by atoms with van der Waals surface area (Å²) >= 11 is 1.56. The number of nitrogens with zero attached hydrogens (tertiary/aromatic N) is 2. The van der Waals surface area contributed by atoms with Crippen LogP contribution in [0.5, 0.6) is 0 Å². The van der Waals surface area contributed by atoms with Crippen molar-refractivity contribution in [2.75, 3.05) is 0 Å². The highest BCUT2D eigenvalue weighted by molar-refractivity contribution is 7.10. The van der Waals surface area contributed by atoms with Crippen LogP contribution in [-0.4, -0.2) is 11.7 Å². The lowest BCUT2D eigenvalue weighted by Crippen LogP contribution is -2.39. The summed E-state index contributed by atoms with van der Waals surface area (Å²) in [7, 11) is 0. The third-order valence-corrected chi connectivity index (χ3v) is 3.77. The van der Waals surface area contributed by atoms with E-state index in [4.69, 9.17) is 5.26 Å². The molecule has 16 heavy (non-hydrogen) atoms. The van der Waals surface area contributed by atoms with Crippen LogP contribution in [0, 0.1) is 24.2 Å². The Labute approximate surface area is 97.6 Å². The van der Waals surface area contributed by atoms with Crippen molar-refractivity contribution in [3.05, 3.63) is 21.9 Å². The number of rotatable bonds is 1. The average molecular weight is 233 g/mol. The summed E-state index contributed by atoms with van der Waals surface area (Å²) < 4.78 is 0. The van der Waals surface area contributed by atoms with E-state index in [-0.39, 0.29) is 18.0 Å². The van der Waals surface area contributed by atoms with E-state index in [9.17, 15) is 4.79 Å². The van der Waals surface area contributed by atoms with E-state index in [1.807, 2.05) is 18.4 Å². The molecule has 0 aromatic carbocycles. The van der Waals surface area contributed by atoms with E-state index in [1.165, 1.54) is 0 Å². The van der Waals surface area contributed by atoms with Crippen LogP contribution in [0.4, 0.5) is 4.79 Å². The lowest BCUT2D eigenvalue weighted by atomic mass is 9.92. The lowest BCUT2D eigenvalue weighted by molar-refractivity contribution is 0.242. The molecule has 1 aromatic rings. The first kappa shape index (κ1) is 10.8. The van der Waals surface area contributed by atoms with E-state index in [2.05, 4.69) is 16.4 Å². The first-order chi connectivity index (χ1) is 7.63. The molecule has 0 fully saturated rings. The topological polar surface area (TPSA) is 65.2 Å². The normalized spacial score (nSPS) is 24.6. The first-order valence-corrected chi connectivity index (χ1v) is 5.80. The number of nitrogens with one attached hydrogen (secondary N) is 1. The van der Waals surface area contributed by atoms with Gasteiger partial charge in [-0.15, -0.1) is 11.3 Å². The number of nitriles is 1. The molecular weight excluding hydrogens is 222 g/mol. The number of hydrogen-bond donors (Lipinski definition) is 1. The fraction of sp³-hybridized carbons (Fsp3) is 0.364. The van der Waals surface area contributed by atoms with Crippen molar-refractivity contribution in [2.45, 2.75) is 19.9 Å². The fourth-order valence-electron chi connectivity index (χ4n) is 1.81. The molecule has 2 atom stereocenters. The van der Waals surface area contributed by atoms with Crippen LogP contribution in [0.1, 0.15) is 23.4 Å². The van der Waals surface area contributed by atoms with Crippen molar-refractivity contribution in [1.82, 2.24) is 5.32 Å². The quantitative estimate of drug-likeness (QED) is 0.809. The van der Waals surface area contributed by atoms with Crippen molar-refractivity contribution in [2.24, 2.45) is 10.9 Å². The second kappa shape index (κ2) is 4.06. The van der Waals surface area contributed by atoms with Gasteiger partial charge in [-0.2, -0.15) is 5.26 Å². The van der Waals surface area contributed by atoms with E-state index >= 15 is 0 Å². The smallest absolute Gasteiger partial charge is 0.327 e. The Morgan fingerprint density at radius 3 is 2.88 bits per heavy atom. The molecule has 5 heteroatoms. The van der Waals surface area contributed by atoms with Crippen molar-refractivity contribution in [1.29, 1.82) is 5.26 Å². The van der Waals surface area contributed by atoms with Crippen LogP contribution in [0.2, 0.25) is 0 Å². The maximum atomic E-state index is 11.3. The van der Waals surface area contributed by atoms with Gasteiger partial charge < -0.3 is 5.32 Å². The van der Waals surface area contributed by atoms with Crippen LogP contribution in [0.25, 0.3) is 0 Å². The van der Waals surface area contributed by atoms with Crippen molar-refractivity contribution < 1.29 is 4.79 Å². The molecule has 0 saturated heterocycles. The molecule has 0 aliphatic carbocycles. The highest BCUT2D eigenvalue weighted by Gasteiger charge is 2.32. The zero-order valence-corrected chi connectivity index (χ0v) is 9.84. The predicted molar refractivity (Wildman–Crippen MR) is 62.5 cm³/mol. The maximum absolute atomic E-state index is 11.3. The van der Waals surface area contributed by atoms with Gasteiger partial charge in [-0.25, -0.2) is 9.79 Å². The van der Waals surface area contributed by atoms with Crippen LogP contribution in [0.3, 0.4) is 0 Å². The minimum Gasteiger partial charge on any atom is -0.327 e. The Balaban J connectivity index is 2.42. The molecular formula is C11H11N3OS. The summed E-state index contributed by atoms with van der Waals surface area (Å²) in [6, 6.07) is 3.57. The molecule has 2 unspecified atom stereocenters. The Bertz CT molecular complexity index is 498. The van der Waals surface area contributed by atoms with E-state index in [1.54, 1.807) is 18.3 Å². The second-order valence-corrected chi connectivity index (χ2v) is 4.70. The van der Waals surface area contributed by atoms with E-state index in [0.29, 0.717) is 5.71 Å². The maximum Gasteiger partial charge on any atom is 0.341 e. The Morgan fingerprint density at radius 1 is 1.56 bits per heavy atom. The largest absolute Gasteiger partial charge is 0.341 e. The van der Waals surface area contributed by atoms with Gasteiger partial charge >= 0.3 is 6.03 Å². The van der Waals surface area contributed by atoms with E-state index in [0.717, 1.165) is 10.4 Å². The monoisotopic (exact) mass is 233 g/mol. The number of aryl methyl sites for hydroxylation is 1. The molecule has 0 bridgehead atoms.